The van der Waals surface area contributed by atoms with Gasteiger partial charge in [-0.25, -0.2) is 27.6 Å². The van der Waals surface area contributed by atoms with Crippen molar-refractivity contribution in [3.8, 4) is 0 Å². The van der Waals surface area contributed by atoms with Crippen molar-refractivity contribution in [1.82, 2.24) is 5.32 Å². The second-order valence-electron chi connectivity index (χ2n) is 16.2. The molecule has 388 valence electrons. The zero-order valence-corrected chi connectivity index (χ0v) is 39.3. The molecule has 6 aromatic carbocycles. The van der Waals surface area contributed by atoms with Crippen molar-refractivity contribution in [2.45, 2.75) is 41.4 Å². The number of amides is 4. The Morgan fingerprint density at radius 3 is 1.08 bits per heavy atom. The molecule has 0 radical (unpaired) electrons. The van der Waals surface area contributed by atoms with Crippen molar-refractivity contribution >= 4 is 74.4 Å². The van der Waals surface area contributed by atoms with E-state index in [4.69, 9.17) is 0 Å². The first kappa shape index (κ1) is 54.9. The van der Waals surface area contributed by atoms with Gasteiger partial charge in [-0.15, -0.1) is 0 Å². The summed E-state index contributed by atoms with van der Waals surface area (Å²) >= 11 is 0. The molecular formula is C50H36F6N4O14S. The number of nitrogens with one attached hydrogen (secondary N) is 4. The lowest BCUT2D eigenvalue weighted by molar-refractivity contribution is -0.288. The summed E-state index contributed by atoms with van der Waals surface area (Å²) in [5, 5.41) is 47.9. The van der Waals surface area contributed by atoms with E-state index in [-0.39, 0.29) is 41.3 Å². The average Bonchev–Trinajstić information content (AvgIpc) is 3.33. The minimum Gasteiger partial charge on any atom is -0.478 e. The maximum atomic E-state index is 15.2. The topological polar surface area (TPSA) is 300 Å². The molecule has 0 aliphatic heterocycles. The minimum absolute atomic E-state index is 0.0135. The van der Waals surface area contributed by atoms with Crippen LogP contribution < -0.4 is 21.3 Å². The summed E-state index contributed by atoms with van der Waals surface area (Å²) < 4.78 is 118. The Morgan fingerprint density at radius 2 is 0.733 bits per heavy atom. The zero-order valence-electron chi connectivity index (χ0n) is 38.5. The molecule has 0 spiro atoms. The number of hydrogen-bond acceptors (Lipinski definition) is 10. The highest BCUT2D eigenvalue weighted by molar-refractivity contribution is 7.91. The highest BCUT2D eigenvalue weighted by atomic mass is 32.2. The van der Waals surface area contributed by atoms with Crippen LogP contribution >= 0.6 is 0 Å². The molecule has 0 aromatic heterocycles. The molecule has 18 nitrogen and oxygen atoms in total. The number of carboxylic acid groups (broad SMARTS) is 4. The van der Waals surface area contributed by atoms with Crippen molar-refractivity contribution in [1.29, 1.82) is 0 Å². The van der Waals surface area contributed by atoms with Crippen LogP contribution in [0.25, 0.3) is 0 Å². The second-order valence-corrected chi connectivity index (χ2v) is 18.2. The van der Waals surface area contributed by atoms with Gasteiger partial charge in [0.25, 0.3) is 23.6 Å². The number of anilines is 3. The van der Waals surface area contributed by atoms with E-state index in [1.807, 2.05) is 12.2 Å². The Hall–Kier alpha value is -9.39. The van der Waals surface area contributed by atoms with Crippen LogP contribution in [0.15, 0.2) is 125 Å². The van der Waals surface area contributed by atoms with E-state index in [2.05, 4.69) is 16.0 Å². The van der Waals surface area contributed by atoms with Gasteiger partial charge in [0.05, 0.1) is 54.3 Å². The van der Waals surface area contributed by atoms with Crippen LogP contribution in [0.5, 0.6) is 0 Å². The lowest BCUT2D eigenvalue weighted by atomic mass is 9.71. The molecule has 25 heteroatoms. The molecular weight excluding hydrogens is 1030 g/mol. The Kier molecular flexibility index (Phi) is 15.1. The van der Waals surface area contributed by atoms with Crippen LogP contribution in [-0.2, 0) is 15.3 Å². The van der Waals surface area contributed by atoms with Gasteiger partial charge in [0.2, 0.25) is 15.3 Å². The third kappa shape index (κ3) is 10.7. The van der Waals surface area contributed by atoms with Crippen LogP contribution in [0, 0.1) is 13.8 Å². The fourth-order valence-corrected chi connectivity index (χ4v) is 9.00. The average molecular weight is 1060 g/mol. The molecule has 75 heavy (non-hydrogen) atoms. The summed E-state index contributed by atoms with van der Waals surface area (Å²) in [4.78, 5) is 100. The van der Waals surface area contributed by atoms with Crippen molar-refractivity contribution in [2.24, 2.45) is 0 Å². The molecule has 0 aliphatic rings. The molecule has 8 N–H and O–H groups in total. The molecule has 6 aromatic rings. The fourth-order valence-electron chi connectivity index (χ4n) is 7.74. The Balaban J connectivity index is 1.27. The van der Waals surface area contributed by atoms with Crippen LogP contribution in [0.4, 0.5) is 43.4 Å². The molecule has 4 amide bonds. The molecule has 0 heterocycles. The first-order valence-electron chi connectivity index (χ1n) is 21.2. The predicted molar refractivity (Wildman–Crippen MR) is 252 cm³/mol. The van der Waals surface area contributed by atoms with E-state index in [0.29, 0.717) is 18.2 Å². The molecule has 0 aliphatic carbocycles. The highest BCUT2D eigenvalue weighted by Gasteiger charge is 2.72. The van der Waals surface area contributed by atoms with Crippen LogP contribution in [-0.4, -0.2) is 95.8 Å². The maximum absolute atomic E-state index is 15.2. The number of carbonyl (C=O) groups is 8. The summed E-state index contributed by atoms with van der Waals surface area (Å²) in [7, 11) is -3.54. The van der Waals surface area contributed by atoms with E-state index < -0.39 is 141 Å². The van der Waals surface area contributed by atoms with E-state index >= 15 is 26.3 Å². The summed E-state index contributed by atoms with van der Waals surface area (Å²) in [6.45, 7) is 3.57. The zero-order chi connectivity index (χ0) is 55.7. The summed E-state index contributed by atoms with van der Waals surface area (Å²) in [5.74, 6) is -12.4. The number of benzene rings is 6. The molecule has 0 saturated carbocycles. The lowest BCUT2D eigenvalue weighted by Gasteiger charge is -2.38. The number of sulfone groups is 1. The number of carbonyl (C=O) groups excluding carboxylic acids is 4. The Bertz CT molecular complexity index is 3490. The van der Waals surface area contributed by atoms with Crippen molar-refractivity contribution in [3.63, 3.8) is 0 Å². The fraction of sp³-hybridized carbons (Fsp3) is 0.120. The number of hydrogen-bond donors (Lipinski definition) is 8. The SMILES string of the molecule is CNC(=O)c1cc(C(c2ccc(C(=O)O)c(C(=O)Nc3ccc(S(=O)(=O)c4ccc(NC(=O)c5cc(C(=O)Nc6ccc(C)c(C)c6)c(C(=O)O)cc5C(=O)O)cc4)cc3)c2)(C(F)(F)F)C(F)(F)F)ccc1C(=O)O. The molecule has 0 atom stereocenters. The number of aromatic carboxylic acids is 4. The highest BCUT2D eigenvalue weighted by Crippen LogP contribution is 2.56. The molecule has 6 rings (SSSR count). The third-order valence-electron chi connectivity index (χ3n) is 11.7. The lowest BCUT2D eigenvalue weighted by Crippen LogP contribution is -2.55. The van der Waals surface area contributed by atoms with Gasteiger partial charge in [0, 0.05) is 24.1 Å². The monoisotopic (exact) mass is 1060 g/mol. The van der Waals surface area contributed by atoms with Gasteiger partial charge < -0.3 is 41.7 Å². The number of alkyl halides is 6. The van der Waals surface area contributed by atoms with Gasteiger partial charge in [0.15, 0.2) is 0 Å². The molecule has 0 saturated heterocycles. The summed E-state index contributed by atoms with van der Waals surface area (Å²) in [6, 6.07) is 15.2. The summed E-state index contributed by atoms with van der Waals surface area (Å²) in [6.07, 6.45) is -12.7. The second kappa shape index (κ2) is 20.6. The van der Waals surface area contributed by atoms with Crippen LogP contribution in [0.3, 0.4) is 0 Å². The van der Waals surface area contributed by atoms with Gasteiger partial charge in [-0.1, -0.05) is 18.2 Å². The largest absolute Gasteiger partial charge is 0.478 e. The first-order chi connectivity index (χ1) is 34.9. The number of rotatable bonds is 15. The van der Waals surface area contributed by atoms with E-state index in [0.717, 1.165) is 72.8 Å². The number of aryl methyl sites for hydroxylation is 2. The first-order valence-corrected chi connectivity index (χ1v) is 22.6. The van der Waals surface area contributed by atoms with Gasteiger partial charge >= 0.3 is 36.2 Å². The standard InChI is InChI=1S/C50H36F6N4O14S/c1-23-4-7-29(18-24(23)2)60-43(64)37-21-36(38(46(69)70)22-39(37)47(71)72)42(63)59-28-10-14-31(15-11-28)75(73,74)30-12-8-27(9-13-30)58-41(62)35-20-26(6-17-33(35)45(67)68)48(49(51,52)53,50(54,55)56)25-5-16-32(44(65)66)34(19-25)40(61)57-3/h4-22H,1-3H3,(H,57,61)(H,58,62)(H,59,63)(H,60,64)(H,65,66)(H,67,68)(H,69,70)(H,71,72). The summed E-state index contributed by atoms with van der Waals surface area (Å²) in [5.41, 5.74) is -14.3. The van der Waals surface area contributed by atoms with E-state index in [1.165, 1.54) is 6.07 Å². The van der Waals surface area contributed by atoms with Gasteiger partial charge in [-0.05, 0) is 133 Å². The van der Waals surface area contributed by atoms with E-state index in [1.54, 1.807) is 19.1 Å². The van der Waals surface area contributed by atoms with Gasteiger partial charge in [-0.2, -0.15) is 26.3 Å². The number of carboxylic acids is 4. The quantitative estimate of drug-likeness (QED) is 0.0448. The number of halogens is 6. The molecule has 0 bridgehead atoms. The van der Waals surface area contributed by atoms with Crippen molar-refractivity contribution < 1.29 is 93.5 Å². The predicted octanol–water partition coefficient (Wildman–Crippen LogP) is 8.46. The van der Waals surface area contributed by atoms with Gasteiger partial charge in [-0.3, -0.25) is 19.2 Å². The Labute approximate surface area is 418 Å². The minimum atomic E-state index is -6.36. The van der Waals surface area contributed by atoms with Crippen LogP contribution in [0.2, 0.25) is 0 Å². The molecule has 0 unspecified atom stereocenters. The van der Waals surface area contributed by atoms with Gasteiger partial charge in [0.1, 0.15) is 0 Å². The normalized spacial score (nSPS) is 11.7. The van der Waals surface area contributed by atoms with E-state index in [9.17, 15) is 67.2 Å². The third-order valence-corrected chi connectivity index (χ3v) is 13.4. The maximum Gasteiger partial charge on any atom is 0.411 e. The van der Waals surface area contributed by atoms with Crippen molar-refractivity contribution in [3.05, 3.63) is 182 Å². The van der Waals surface area contributed by atoms with Crippen molar-refractivity contribution in [2.75, 3.05) is 23.0 Å². The van der Waals surface area contributed by atoms with Crippen LogP contribution in [0.1, 0.15) is 105 Å². The Morgan fingerprint density at radius 1 is 0.400 bits per heavy atom. The smallest absolute Gasteiger partial charge is 0.411 e. The molecule has 0 fully saturated rings.